The molecule has 2 aliphatic carbocycles. The first kappa shape index (κ1) is 17.3. The zero-order chi connectivity index (χ0) is 15.1. The summed E-state index contributed by atoms with van der Waals surface area (Å²) >= 11 is 0. The summed E-state index contributed by atoms with van der Waals surface area (Å²) in [5.41, 5.74) is 0. The molecule has 2 saturated carbocycles. The van der Waals surface area contributed by atoms with Crippen molar-refractivity contribution in [1.82, 2.24) is 0 Å². The molecule has 0 N–H and O–H groups in total. The Balaban J connectivity index is 1.72. The summed E-state index contributed by atoms with van der Waals surface area (Å²) in [5.74, 6) is 3.94. The van der Waals surface area contributed by atoms with Crippen LogP contribution in [0.2, 0.25) is 0 Å². The van der Waals surface area contributed by atoms with Crippen LogP contribution in [0.4, 0.5) is 0 Å². The Hall–Kier alpha value is -0.0400. The molecule has 0 radical (unpaired) electrons. The summed E-state index contributed by atoms with van der Waals surface area (Å²) in [6, 6.07) is 0. The average molecular weight is 295 g/mol. The molecule has 2 rings (SSSR count). The Bertz CT molecular complexity index is 267. The highest BCUT2D eigenvalue weighted by Crippen LogP contribution is 2.43. The summed E-state index contributed by atoms with van der Waals surface area (Å²) in [6.45, 7) is 4.67. The van der Waals surface area contributed by atoms with Gasteiger partial charge in [0.1, 0.15) is 0 Å². The van der Waals surface area contributed by atoms with Gasteiger partial charge in [-0.3, -0.25) is 0 Å². The predicted octanol–water partition coefficient (Wildman–Crippen LogP) is 6.21. The smallest absolute Gasteiger partial charge is 0.0599 e. The van der Waals surface area contributed by atoms with E-state index in [1.54, 1.807) is 0 Å². The van der Waals surface area contributed by atoms with Crippen molar-refractivity contribution in [1.29, 1.82) is 0 Å². The Kier molecular flexibility index (Phi) is 7.57. The van der Waals surface area contributed by atoms with E-state index < -0.39 is 0 Å². The molecular formula is C20H38O. The third kappa shape index (κ3) is 4.98. The largest absolute Gasteiger partial charge is 0.381 e. The molecule has 2 fully saturated rings. The van der Waals surface area contributed by atoms with E-state index in [2.05, 4.69) is 13.8 Å². The summed E-state index contributed by atoms with van der Waals surface area (Å²) in [5, 5.41) is 0. The number of methoxy groups -OCH3 is 1. The van der Waals surface area contributed by atoms with E-state index in [0.717, 1.165) is 23.7 Å². The Morgan fingerprint density at radius 3 is 2.19 bits per heavy atom. The fourth-order valence-corrected chi connectivity index (χ4v) is 5.07. The first-order chi connectivity index (χ1) is 10.3. The van der Waals surface area contributed by atoms with E-state index in [-0.39, 0.29) is 0 Å². The van der Waals surface area contributed by atoms with Crippen molar-refractivity contribution < 1.29 is 4.74 Å². The minimum Gasteiger partial charge on any atom is -0.381 e. The van der Waals surface area contributed by atoms with E-state index in [1.807, 2.05) is 7.11 Å². The van der Waals surface area contributed by atoms with Gasteiger partial charge in [-0.2, -0.15) is 0 Å². The molecule has 0 bridgehead atoms. The van der Waals surface area contributed by atoms with Crippen LogP contribution < -0.4 is 0 Å². The van der Waals surface area contributed by atoms with Crippen LogP contribution in [0.25, 0.3) is 0 Å². The van der Waals surface area contributed by atoms with Crippen molar-refractivity contribution in [2.75, 3.05) is 7.11 Å². The second kappa shape index (κ2) is 9.18. The molecule has 1 heteroatoms. The fourth-order valence-electron chi connectivity index (χ4n) is 5.07. The van der Waals surface area contributed by atoms with Gasteiger partial charge in [0.15, 0.2) is 0 Å². The van der Waals surface area contributed by atoms with Gasteiger partial charge in [0.2, 0.25) is 0 Å². The van der Waals surface area contributed by atoms with E-state index in [0.29, 0.717) is 6.10 Å². The predicted molar refractivity (Wildman–Crippen MR) is 91.5 cm³/mol. The molecule has 0 saturated heterocycles. The first-order valence-corrected chi connectivity index (χ1v) is 9.81. The van der Waals surface area contributed by atoms with E-state index in [4.69, 9.17) is 4.74 Å². The zero-order valence-electron chi connectivity index (χ0n) is 14.8. The SMILES string of the molecule is CCCCC[C@H]1CC[C@H](C2CCC(OC)C(CC)C2)CC1. The maximum Gasteiger partial charge on any atom is 0.0599 e. The summed E-state index contributed by atoms with van der Waals surface area (Å²) in [7, 11) is 1.91. The molecule has 21 heavy (non-hydrogen) atoms. The van der Waals surface area contributed by atoms with Gasteiger partial charge < -0.3 is 4.74 Å². The molecule has 0 amide bonds. The first-order valence-electron chi connectivity index (χ1n) is 9.81. The van der Waals surface area contributed by atoms with Gasteiger partial charge in [0, 0.05) is 7.11 Å². The molecule has 0 spiro atoms. The topological polar surface area (TPSA) is 9.23 Å². The summed E-state index contributed by atoms with van der Waals surface area (Å²) < 4.78 is 5.70. The van der Waals surface area contributed by atoms with Crippen LogP contribution in [-0.4, -0.2) is 13.2 Å². The molecule has 1 nitrogen and oxygen atoms in total. The van der Waals surface area contributed by atoms with Gasteiger partial charge in [-0.15, -0.1) is 0 Å². The molecule has 0 aromatic carbocycles. The van der Waals surface area contributed by atoms with E-state index >= 15 is 0 Å². The van der Waals surface area contributed by atoms with Gasteiger partial charge in [-0.1, -0.05) is 58.8 Å². The lowest BCUT2D eigenvalue weighted by atomic mass is 9.67. The van der Waals surface area contributed by atoms with Gasteiger partial charge in [0.25, 0.3) is 0 Å². The Labute approximate surface area is 133 Å². The van der Waals surface area contributed by atoms with Crippen LogP contribution >= 0.6 is 0 Å². The lowest BCUT2D eigenvalue weighted by Gasteiger charge is -2.41. The quantitative estimate of drug-likeness (QED) is 0.507. The molecule has 3 atom stereocenters. The maximum atomic E-state index is 5.70. The van der Waals surface area contributed by atoms with Crippen LogP contribution in [0.15, 0.2) is 0 Å². The molecule has 0 aromatic heterocycles. The van der Waals surface area contributed by atoms with E-state index in [1.165, 1.54) is 77.0 Å². The molecular weight excluding hydrogens is 256 g/mol. The Morgan fingerprint density at radius 1 is 0.857 bits per heavy atom. The lowest BCUT2D eigenvalue weighted by molar-refractivity contribution is -0.00838. The number of unbranched alkanes of at least 4 members (excludes halogenated alkanes) is 2. The van der Waals surface area contributed by atoms with Crippen molar-refractivity contribution >= 4 is 0 Å². The van der Waals surface area contributed by atoms with E-state index in [9.17, 15) is 0 Å². The fraction of sp³-hybridized carbons (Fsp3) is 1.00. The molecule has 0 heterocycles. The lowest BCUT2D eigenvalue weighted by Crippen LogP contribution is -2.34. The highest BCUT2D eigenvalue weighted by molar-refractivity contribution is 4.86. The van der Waals surface area contributed by atoms with Crippen LogP contribution in [0.3, 0.4) is 0 Å². The number of ether oxygens (including phenoxy) is 1. The van der Waals surface area contributed by atoms with Crippen LogP contribution in [0.1, 0.15) is 90.9 Å². The molecule has 0 aromatic rings. The number of rotatable bonds is 7. The van der Waals surface area contributed by atoms with Crippen LogP contribution in [0, 0.1) is 23.7 Å². The van der Waals surface area contributed by atoms with Crippen LogP contribution in [0.5, 0.6) is 0 Å². The third-order valence-corrected chi connectivity index (χ3v) is 6.55. The highest BCUT2D eigenvalue weighted by atomic mass is 16.5. The summed E-state index contributed by atoms with van der Waals surface area (Å²) in [4.78, 5) is 0. The monoisotopic (exact) mass is 294 g/mol. The molecule has 0 aliphatic heterocycles. The van der Waals surface area contributed by atoms with Gasteiger partial charge in [0.05, 0.1) is 6.10 Å². The second-order valence-corrected chi connectivity index (χ2v) is 7.79. The average Bonchev–Trinajstić information content (AvgIpc) is 2.55. The molecule has 124 valence electrons. The normalized spacial score (nSPS) is 37.6. The standard InChI is InChI=1S/C20H38O/c1-4-6-7-8-16-9-11-18(12-10-16)19-13-14-20(21-3)17(5-2)15-19/h16-20H,4-15H2,1-3H3/t16-,17?,18-,19?,20?. The van der Waals surface area contributed by atoms with Gasteiger partial charge >= 0.3 is 0 Å². The number of hydrogen-bond donors (Lipinski definition) is 0. The van der Waals surface area contributed by atoms with Gasteiger partial charge in [-0.05, 0) is 55.8 Å². The molecule has 3 unspecified atom stereocenters. The summed E-state index contributed by atoms with van der Waals surface area (Å²) in [6.07, 6.45) is 17.9. The minimum absolute atomic E-state index is 0.552. The van der Waals surface area contributed by atoms with Gasteiger partial charge in [-0.25, -0.2) is 0 Å². The van der Waals surface area contributed by atoms with Crippen molar-refractivity contribution in [3.05, 3.63) is 0 Å². The Morgan fingerprint density at radius 2 is 1.57 bits per heavy atom. The molecule has 2 aliphatic rings. The highest BCUT2D eigenvalue weighted by Gasteiger charge is 2.34. The second-order valence-electron chi connectivity index (χ2n) is 7.79. The van der Waals surface area contributed by atoms with Crippen molar-refractivity contribution in [2.24, 2.45) is 23.7 Å². The van der Waals surface area contributed by atoms with Crippen molar-refractivity contribution in [3.8, 4) is 0 Å². The zero-order valence-corrected chi connectivity index (χ0v) is 14.8. The van der Waals surface area contributed by atoms with Crippen molar-refractivity contribution in [3.63, 3.8) is 0 Å². The van der Waals surface area contributed by atoms with Crippen molar-refractivity contribution in [2.45, 2.75) is 97.0 Å². The third-order valence-electron chi connectivity index (χ3n) is 6.55. The van der Waals surface area contributed by atoms with Crippen LogP contribution in [-0.2, 0) is 4.74 Å². The minimum atomic E-state index is 0.552. The number of hydrogen-bond acceptors (Lipinski definition) is 1. The maximum absolute atomic E-state index is 5.70.